The molecule has 2 unspecified atom stereocenters. The van der Waals surface area contributed by atoms with Crippen LogP contribution in [-0.2, 0) is 19.9 Å². The van der Waals surface area contributed by atoms with Crippen LogP contribution >= 0.6 is 12.6 Å². The first-order valence-corrected chi connectivity index (χ1v) is 7.74. The van der Waals surface area contributed by atoms with Gasteiger partial charge in [-0.1, -0.05) is 6.07 Å². The summed E-state index contributed by atoms with van der Waals surface area (Å²) in [6, 6.07) is 5.46. The molecule has 2 rings (SSSR count). The largest absolute Gasteiger partial charge is 0.379 e. The summed E-state index contributed by atoms with van der Waals surface area (Å²) in [6.45, 7) is 2.64. The first-order chi connectivity index (χ1) is 10.5. The summed E-state index contributed by atoms with van der Waals surface area (Å²) < 4.78 is 11.1. The lowest BCUT2D eigenvalue weighted by molar-refractivity contribution is -0.161. The molecule has 0 spiro atoms. The van der Waals surface area contributed by atoms with Crippen molar-refractivity contribution in [2.75, 3.05) is 47.5 Å². The summed E-state index contributed by atoms with van der Waals surface area (Å²) in [6.07, 6.45) is 1.66. The molecule has 1 aliphatic heterocycles. The quantitative estimate of drug-likeness (QED) is 0.804. The Morgan fingerprint density at radius 1 is 1.45 bits per heavy atom. The SMILES string of the molecule is COC(C(=O)N(C)C)(c1ccccn1)C(S)N1CCOCC1. The van der Waals surface area contributed by atoms with E-state index in [1.54, 1.807) is 26.4 Å². The third kappa shape index (κ3) is 3.12. The average molecular weight is 325 g/mol. The van der Waals surface area contributed by atoms with Crippen molar-refractivity contribution in [3.8, 4) is 0 Å². The van der Waals surface area contributed by atoms with Crippen molar-refractivity contribution in [2.24, 2.45) is 0 Å². The molecule has 1 aromatic heterocycles. The van der Waals surface area contributed by atoms with E-state index >= 15 is 0 Å². The third-order valence-corrected chi connectivity index (χ3v) is 4.54. The molecule has 1 aromatic rings. The number of rotatable bonds is 5. The molecule has 1 amide bonds. The molecular weight excluding hydrogens is 302 g/mol. The van der Waals surface area contributed by atoms with E-state index in [2.05, 4.69) is 9.88 Å². The summed E-state index contributed by atoms with van der Waals surface area (Å²) in [5, 5.41) is -0.453. The monoisotopic (exact) mass is 325 g/mol. The number of likely N-dealkylation sites (N-methyl/N-ethyl adjacent to an activating group) is 1. The number of pyridine rings is 1. The van der Waals surface area contributed by atoms with Gasteiger partial charge in [0.05, 0.1) is 24.3 Å². The second-order valence-electron chi connectivity index (χ2n) is 5.38. The van der Waals surface area contributed by atoms with Gasteiger partial charge in [-0.05, 0) is 12.1 Å². The standard InChI is InChI=1S/C15H23N3O3S/c1-17(2)13(19)15(20-3,12-6-4-5-7-16-12)14(22)18-8-10-21-11-9-18/h4-7,14,22H,8-11H2,1-3H3. The predicted molar refractivity (Wildman–Crippen MR) is 86.8 cm³/mol. The highest BCUT2D eigenvalue weighted by molar-refractivity contribution is 7.81. The van der Waals surface area contributed by atoms with Gasteiger partial charge >= 0.3 is 0 Å². The summed E-state index contributed by atoms with van der Waals surface area (Å²) in [5.74, 6) is -0.180. The molecule has 122 valence electrons. The van der Waals surface area contributed by atoms with Crippen LogP contribution in [0.25, 0.3) is 0 Å². The fourth-order valence-electron chi connectivity index (χ4n) is 2.64. The molecule has 0 bridgehead atoms. The Balaban J connectivity index is 2.45. The van der Waals surface area contributed by atoms with Gasteiger partial charge in [0.1, 0.15) is 0 Å². The Hall–Kier alpha value is -1.15. The number of methoxy groups -OCH3 is 1. The molecule has 1 saturated heterocycles. The average Bonchev–Trinajstić information content (AvgIpc) is 2.57. The number of carbonyl (C=O) groups is 1. The topological polar surface area (TPSA) is 54.9 Å². The molecule has 0 radical (unpaired) electrons. The van der Waals surface area contributed by atoms with E-state index < -0.39 is 11.0 Å². The summed E-state index contributed by atoms with van der Waals surface area (Å²) in [5.41, 5.74) is -0.701. The highest BCUT2D eigenvalue weighted by Crippen LogP contribution is 2.35. The Morgan fingerprint density at radius 3 is 2.64 bits per heavy atom. The van der Waals surface area contributed by atoms with Gasteiger partial charge in [0.15, 0.2) is 0 Å². The van der Waals surface area contributed by atoms with Crippen molar-refractivity contribution >= 4 is 18.5 Å². The zero-order valence-electron chi connectivity index (χ0n) is 13.2. The number of hydrogen-bond acceptors (Lipinski definition) is 6. The number of morpholine rings is 1. The molecule has 6 nitrogen and oxygen atoms in total. The van der Waals surface area contributed by atoms with Gasteiger partial charge in [-0.15, -0.1) is 0 Å². The number of aromatic nitrogens is 1. The Bertz CT molecular complexity index is 494. The smallest absolute Gasteiger partial charge is 0.263 e. The normalized spacial score (nSPS) is 20.2. The van der Waals surface area contributed by atoms with Crippen molar-refractivity contribution in [2.45, 2.75) is 11.0 Å². The molecule has 0 saturated carbocycles. The second-order valence-corrected chi connectivity index (χ2v) is 5.87. The fraction of sp³-hybridized carbons (Fsp3) is 0.600. The Labute approximate surface area is 136 Å². The number of ether oxygens (including phenoxy) is 2. The molecule has 2 atom stereocenters. The molecular formula is C15H23N3O3S. The van der Waals surface area contributed by atoms with Crippen LogP contribution in [0, 0.1) is 0 Å². The maximum absolute atomic E-state index is 12.9. The Kier molecular flexibility index (Phi) is 5.80. The minimum Gasteiger partial charge on any atom is -0.379 e. The van der Waals surface area contributed by atoms with Gasteiger partial charge < -0.3 is 14.4 Å². The van der Waals surface area contributed by atoms with Crippen molar-refractivity contribution in [3.05, 3.63) is 30.1 Å². The molecule has 0 aromatic carbocycles. The highest BCUT2D eigenvalue weighted by atomic mass is 32.1. The van der Waals surface area contributed by atoms with Gasteiger partial charge in [0.25, 0.3) is 5.91 Å². The second kappa shape index (κ2) is 7.41. The molecule has 2 heterocycles. The summed E-state index contributed by atoms with van der Waals surface area (Å²) >= 11 is 4.74. The van der Waals surface area contributed by atoms with Crippen LogP contribution < -0.4 is 0 Å². The Morgan fingerprint density at radius 2 is 2.14 bits per heavy atom. The van der Waals surface area contributed by atoms with Crippen LogP contribution in [0.4, 0.5) is 0 Å². The van der Waals surface area contributed by atoms with E-state index in [0.717, 1.165) is 0 Å². The van der Waals surface area contributed by atoms with Gasteiger partial charge in [0.2, 0.25) is 5.60 Å². The zero-order chi connectivity index (χ0) is 16.2. The highest BCUT2D eigenvalue weighted by Gasteiger charge is 2.51. The first-order valence-electron chi connectivity index (χ1n) is 7.22. The van der Waals surface area contributed by atoms with Crippen molar-refractivity contribution < 1.29 is 14.3 Å². The third-order valence-electron chi connectivity index (χ3n) is 3.85. The molecule has 1 fully saturated rings. The summed E-state index contributed by atoms with van der Waals surface area (Å²) in [7, 11) is 4.94. The van der Waals surface area contributed by atoms with Crippen molar-refractivity contribution in [1.82, 2.24) is 14.8 Å². The molecule has 0 aliphatic carbocycles. The van der Waals surface area contributed by atoms with Gasteiger partial charge in [-0.2, -0.15) is 12.6 Å². The molecule has 1 aliphatic rings. The first kappa shape index (κ1) is 17.2. The minimum atomic E-state index is -1.26. The van der Waals surface area contributed by atoms with E-state index in [1.165, 1.54) is 12.0 Å². The maximum Gasteiger partial charge on any atom is 0.263 e. The van der Waals surface area contributed by atoms with Crippen LogP contribution in [0.2, 0.25) is 0 Å². The van der Waals surface area contributed by atoms with Crippen molar-refractivity contribution in [3.63, 3.8) is 0 Å². The number of nitrogens with zero attached hydrogens (tertiary/aromatic N) is 3. The minimum absolute atomic E-state index is 0.180. The van der Waals surface area contributed by atoms with E-state index in [4.69, 9.17) is 22.1 Å². The van der Waals surface area contributed by atoms with Crippen molar-refractivity contribution in [1.29, 1.82) is 0 Å². The predicted octanol–water partition coefficient (Wildman–Crippen LogP) is 0.600. The van der Waals surface area contributed by atoms with Gasteiger partial charge in [-0.3, -0.25) is 14.7 Å². The van der Waals surface area contributed by atoms with Crippen LogP contribution in [0.3, 0.4) is 0 Å². The van der Waals surface area contributed by atoms with E-state index in [1.807, 2.05) is 12.1 Å². The van der Waals surface area contributed by atoms with Gasteiger partial charge in [0, 0.05) is 40.5 Å². The van der Waals surface area contributed by atoms with E-state index in [-0.39, 0.29) is 5.91 Å². The van der Waals surface area contributed by atoms with Crippen LogP contribution in [0.15, 0.2) is 24.4 Å². The lowest BCUT2D eigenvalue weighted by Crippen LogP contribution is -2.59. The fourth-order valence-corrected chi connectivity index (χ4v) is 3.22. The molecule has 0 N–H and O–H groups in total. The van der Waals surface area contributed by atoms with Gasteiger partial charge in [-0.25, -0.2) is 0 Å². The molecule has 22 heavy (non-hydrogen) atoms. The summed E-state index contributed by atoms with van der Waals surface area (Å²) in [4.78, 5) is 20.9. The number of hydrogen-bond donors (Lipinski definition) is 1. The maximum atomic E-state index is 12.9. The number of amides is 1. The van der Waals surface area contributed by atoms with Crippen LogP contribution in [0.1, 0.15) is 5.69 Å². The lowest BCUT2D eigenvalue weighted by atomic mass is 9.95. The lowest BCUT2D eigenvalue weighted by Gasteiger charge is -2.43. The molecule has 7 heteroatoms. The number of carbonyl (C=O) groups excluding carboxylic acids is 1. The van der Waals surface area contributed by atoms with E-state index in [9.17, 15) is 4.79 Å². The zero-order valence-corrected chi connectivity index (χ0v) is 14.1. The van der Waals surface area contributed by atoms with E-state index in [0.29, 0.717) is 32.0 Å². The van der Waals surface area contributed by atoms with Crippen LogP contribution in [0.5, 0.6) is 0 Å². The van der Waals surface area contributed by atoms with Crippen LogP contribution in [-0.4, -0.2) is 73.6 Å². The number of thiol groups is 1.